The topological polar surface area (TPSA) is 29.5 Å². The Kier molecular flexibility index (Phi) is 5.98. The smallest absolute Gasteiger partial charge is 0.119 e. The second-order valence-electron chi connectivity index (χ2n) is 3.43. The highest BCUT2D eigenvalue weighted by Crippen LogP contribution is 2.18. The lowest BCUT2D eigenvalue weighted by Crippen LogP contribution is -1.98. The fraction of sp³-hybridized carbons (Fsp3) is 0.385. The molecule has 0 aliphatic heterocycles. The summed E-state index contributed by atoms with van der Waals surface area (Å²) in [5, 5.41) is 9.68. The minimum Gasteiger partial charge on any atom is -0.494 e. The highest BCUT2D eigenvalue weighted by molar-refractivity contribution is 6.17. The van der Waals surface area contributed by atoms with Gasteiger partial charge in [0.05, 0.1) is 12.7 Å². The fourth-order valence-electron chi connectivity index (χ4n) is 1.30. The van der Waals surface area contributed by atoms with Gasteiger partial charge in [-0.3, -0.25) is 0 Å². The fourth-order valence-corrected chi connectivity index (χ4v) is 1.41. The molecule has 0 fully saturated rings. The molecule has 88 valence electrons. The van der Waals surface area contributed by atoms with Crippen molar-refractivity contribution in [3.8, 4) is 5.75 Å². The summed E-state index contributed by atoms with van der Waals surface area (Å²) in [5.74, 6) is 1.42. The second-order valence-corrected chi connectivity index (χ2v) is 3.81. The molecule has 0 amide bonds. The normalized spacial score (nSPS) is 12.9. The lowest BCUT2D eigenvalue weighted by Gasteiger charge is -2.08. The maximum Gasteiger partial charge on any atom is 0.119 e. The van der Waals surface area contributed by atoms with E-state index in [4.69, 9.17) is 16.3 Å². The Bertz CT molecular complexity index is 319. The molecule has 1 aromatic carbocycles. The summed E-state index contributed by atoms with van der Waals surface area (Å²) in [6.45, 7) is 2.51. The van der Waals surface area contributed by atoms with E-state index in [2.05, 4.69) is 0 Å². The third kappa shape index (κ3) is 4.25. The van der Waals surface area contributed by atoms with Gasteiger partial charge in [0.15, 0.2) is 0 Å². The summed E-state index contributed by atoms with van der Waals surface area (Å²) in [7, 11) is 0. The van der Waals surface area contributed by atoms with Crippen molar-refractivity contribution in [1.82, 2.24) is 0 Å². The number of halogens is 1. The molecule has 1 N–H and O–H groups in total. The number of hydrogen-bond donors (Lipinski definition) is 1. The van der Waals surface area contributed by atoms with Crippen LogP contribution in [0.2, 0.25) is 0 Å². The molecule has 0 aromatic heterocycles. The highest BCUT2D eigenvalue weighted by Gasteiger charge is 2.02. The number of aliphatic hydroxyl groups excluding tert-OH is 1. The number of ether oxygens (including phenoxy) is 1. The first kappa shape index (κ1) is 13.1. The van der Waals surface area contributed by atoms with Gasteiger partial charge in [0, 0.05) is 5.88 Å². The summed E-state index contributed by atoms with van der Waals surface area (Å²) in [4.78, 5) is 0. The molecular formula is C13H17ClO2. The van der Waals surface area contributed by atoms with Gasteiger partial charge in [-0.25, -0.2) is 0 Å². The van der Waals surface area contributed by atoms with Gasteiger partial charge in [0.25, 0.3) is 0 Å². The Hall–Kier alpha value is -0.990. The van der Waals surface area contributed by atoms with E-state index >= 15 is 0 Å². The van der Waals surface area contributed by atoms with E-state index in [1.54, 1.807) is 6.08 Å². The van der Waals surface area contributed by atoms with Crippen LogP contribution in [0.5, 0.6) is 5.75 Å². The molecule has 1 aromatic rings. The lowest BCUT2D eigenvalue weighted by molar-refractivity contribution is 0.228. The molecule has 0 saturated carbocycles. The van der Waals surface area contributed by atoms with Crippen LogP contribution in [0.4, 0.5) is 0 Å². The molecule has 16 heavy (non-hydrogen) atoms. The van der Waals surface area contributed by atoms with E-state index in [1.165, 1.54) is 0 Å². The largest absolute Gasteiger partial charge is 0.494 e. The van der Waals surface area contributed by atoms with E-state index in [9.17, 15) is 5.11 Å². The summed E-state index contributed by atoms with van der Waals surface area (Å²) >= 11 is 5.55. The van der Waals surface area contributed by atoms with Gasteiger partial charge in [-0.15, -0.1) is 11.6 Å². The van der Waals surface area contributed by atoms with Crippen molar-refractivity contribution >= 4 is 11.6 Å². The second kappa shape index (κ2) is 7.31. The van der Waals surface area contributed by atoms with E-state index in [1.807, 2.05) is 37.3 Å². The van der Waals surface area contributed by atoms with Crippen molar-refractivity contribution in [1.29, 1.82) is 0 Å². The van der Waals surface area contributed by atoms with E-state index in [0.717, 1.165) is 17.7 Å². The standard InChI is InChI=1S/C13H17ClO2/c1-2-4-13(15)11-5-7-12(8-6-11)16-10-3-9-14/h2,4-8,13,15H,3,9-10H2,1H3. The molecule has 3 heteroatoms. The van der Waals surface area contributed by atoms with Gasteiger partial charge in [-0.2, -0.15) is 0 Å². The van der Waals surface area contributed by atoms with Crippen LogP contribution in [-0.4, -0.2) is 17.6 Å². The lowest BCUT2D eigenvalue weighted by atomic mass is 10.1. The van der Waals surface area contributed by atoms with Gasteiger partial charge in [-0.1, -0.05) is 24.3 Å². The van der Waals surface area contributed by atoms with Crippen LogP contribution in [0.15, 0.2) is 36.4 Å². The summed E-state index contributed by atoms with van der Waals surface area (Å²) < 4.78 is 5.46. The van der Waals surface area contributed by atoms with Gasteiger partial charge in [0.2, 0.25) is 0 Å². The minimum absolute atomic E-state index is 0.540. The van der Waals surface area contributed by atoms with Crippen LogP contribution in [0, 0.1) is 0 Å². The van der Waals surface area contributed by atoms with Crippen LogP contribution in [0.1, 0.15) is 25.0 Å². The molecule has 0 saturated heterocycles. The molecule has 0 spiro atoms. The van der Waals surface area contributed by atoms with Crippen LogP contribution >= 0.6 is 11.6 Å². The first-order valence-electron chi connectivity index (χ1n) is 5.37. The van der Waals surface area contributed by atoms with E-state index < -0.39 is 6.10 Å². The molecule has 0 heterocycles. The number of rotatable bonds is 6. The van der Waals surface area contributed by atoms with Crippen molar-refractivity contribution in [2.45, 2.75) is 19.4 Å². The van der Waals surface area contributed by atoms with Crippen molar-refractivity contribution in [3.63, 3.8) is 0 Å². The average Bonchev–Trinajstić information content (AvgIpc) is 2.30. The predicted octanol–water partition coefficient (Wildman–Crippen LogP) is 3.30. The number of alkyl halides is 1. The van der Waals surface area contributed by atoms with Crippen LogP contribution in [0.3, 0.4) is 0 Å². The Morgan fingerprint density at radius 1 is 1.38 bits per heavy atom. The minimum atomic E-state index is -0.540. The first-order chi connectivity index (χ1) is 7.77. The van der Waals surface area contributed by atoms with Gasteiger partial charge < -0.3 is 9.84 Å². The first-order valence-corrected chi connectivity index (χ1v) is 5.91. The Morgan fingerprint density at radius 3 is 2.62 bits per heavy atom. The SMILES string of the molecule is CC=CC(O)c1ccc(OCCCCl)cc1. The zero-order valence-electron chi connectivity index (χ0n) is 9.40. The maximum atomic E-state index is 9.68. The molecular weight excluding hydrogens is 224 g/mol. The molecule has 1 unspecified atom stereocenters. The monoisotopic (exact) mass is 240 g/mol. The predicted molar refractivity (Wildman–Crippen MR) is 67.0 cm³/mol. The number of allylic oxidation sites excluding steroid dienone is 1. The molecule has 0 aliphatic rings. The zero-order valence-corrected chi connectivity index (χ0v) is 10.2. The maximum absolute atomic E-state index is 9.68. The molecule has 0 radical (unpaired) electrons. The average molecular weight is 241 g/mol. The quantitative estimate of drug-likeness (QED) is 0.470. The zero-order chi connectivity index (χ0) is 11.8. The van der Waals surface area contributed by atoms with Crippen LogP contribution in [-0.2, 0) is 0 Å². The Balaban J connectivity index is 2.53. The van der Waals surface area contributed by atoms with E-state index in [0.29, 0.717) is 12.5 Å². The molecule has 1 atom stereocenters. The molecule has 0 bridgehead atoms. The van der Waals surface area contributed by atoms with Gasteiger partial charge >= 0.3 is 0 Å². The Labute approximate surface area is 102 Å². The third-order valence-electron chi connectivity index (χ3n) is 2.14. The molecule has 0 aliphatic carbocycles. The number of hydrogen-bond acceptors (Lipinski definition) is 2. The van der Waals surface area contributed by atoms with Crippen LogP contribution < -0.4 is 4.74 Å². The molecule has 1 rings (SSSR count). The number of aliphatic hydroxyl groups is 1. The Morgan fingerprint density at radius 2 is 2.06 bits per heavy atom. The van der Waals surface area contributed by atoms with Crippen molar-refractivity contribution in [2.75, 3.05) is 12.5 Å². The highest BCUT2D eigenvalue weighted by atomic mass is 35.5. The van der Waals surface area contributed by atoms with Gasteiger partial charge in [-0.05, 0) is 31.0 Å². The molecule has 2 nitrogen and oxygen atoms in total. The van der Waals surface area contributed by atoms with Crippen LogP contribution in [0.25, 0.3) is 0 Å². The summed E-state index contributed by atoms with van der Waals surface area (Å²) in [6, 6.07) is 7.44. The summed E-state index contributed by atoms with van der Waals surface area (Å²) in [5.41, 5.74) is 0.864. The van der Waals surface area contributed by atoms with Gasteiger partial charge in [0.1, 0.15) is 5.75 Å². The van der Waals surface area contributed by atoms with Crippen molar-refractivity contribution in [3.05, 3.63) is 42.0 Å². The summed E-state index contributed by atoms with van der Waals surface area (Å²) in [6.07, 6.45) is 3.87. The van der Waals surface area contributed by atoms with E-state index in [-0.39, 0.29) is 0 Å². The van der Waals surface area contributed by atoms with Crippen molar-refractivity contribution < 1.29 is 9.84 Å². The van der Waals surface area contributed by atoms with Crippen molar-refractivity contribution in [2.24, 2.45) is 0 Å². The number of benzene rings is 1. The third-order valence-corrected chi connectivity index (χ3v) is 2.41.